The maximum atomic E-state index is 13.0. The number of halogens is 1. The Kier molecular flexibility index (Phi) is 9.17. The van der Waals surface area contributed by atoms with Crippen LogP contribution in [-0.4, -0.2) is 74.1 Å². The summed E-state index contributed by atoms with van der Waals surface area (Å²) in [6, 6.07) is 1.53. The van der Waals surface area contributed by atoms with Gasteiger partial charge < -0.3 is 35.3 Å². The number of nitrogens with one attached hydrogen (secondary N) is 1. The molecular weight excluding hydrogens is 458 g/mol. The van der Waals surface area contributed by atoms with Gasteiger partial charge in [-0.1, -0.05) is 30.9 Å². The van der Waals surface area contributed by atoms with Crippen molar-refractivity contribution in [2.24, 2.45) is 5.92 Å². The number of benzene rings is 1. The van der Waals surface area contributed by atoms with Crippen molar-refractivity contribution in [3.8, 4) is 11.5 Å². The minimum absolute atomic E-state index is 0.000826. The second kappa shape index (κ2) is 12.3. The maximum Gasteiger partial charge on any atom is 0.255 e. The molecule has 1 amide bonds. The standard InChI is InChI=1S/C25H38ClN3O5/c26-22-20(27)14-19(23-24(22)34-13-5-12-33-23)25(31)28-15-17-8-10-29(16-21(17)30)9-4-11-32-18-6-2-1-3-7-18/h14,17-18,21,30H,1-13,15-16,27H2,(H,28,31)/t17-,21+/m0/s1. The molecule has 2 fully saturated rings. The largest absolute Gasteiger partial charge is 0.489 e. The average Bonchev–Trinajstić information content (AvgIpc) is 3.10. The van der Waals surface area contributed by atoms with Crippen LogP contribution in [0.2, 0.25) is 5.02 Å². The van der Waals surface area contributed by atoms with Crippen molar-refractivity contribution in [1.82, 2.24) is 10.2 Å². The topological polar surface area (TPSA) is 106 Å². The van der Waals surface area contributed by atoms with Crippen LogP contribution in [0.5, 0.6) is 11.5 Å². The van der Waals surface area contributed by atoms with Crippen molar-refractivity contribution in [2.45, 2.75) is 63.6 Å². The smallest absolute Gasteiger partial charge is 0.255 e. The molecule has 2 aliphatic heterocycles. The van der Waals surface area contributed by atoms with Crippen molar-refractivity contribution < 1.29 is 24.1 Å². The van der Waals surface area contributed by atoms with Gasteiger partial charge in [-0.2, -0.15) is 0 Å². The number of carbonyl (C=O) groups excluding carboxylic acids is 1. The van der Waals surface area contributed by atoms with E-state index in [0.717, 1.165) is 32.5 Å². The number of amides is 1. The average molecular weight is 496 g/mol. The molecule has 1 saturated carbocycles. The molecule has 4 N–H and O–H groups in total. The van der Waals surface area contributed by atoms with Crippen molar-refractivity contribution in [3.63, 3.8) is 0 Å². The zero-order valence-electron chi connectivity index (χ0n) is 19.9. The van der Waals surface area contributed by atoms with E-state index in [4.69, 9.17) is 31.5 Å². The minimum atomic E-state index is -0.486. The monoisotopic (exact) mass is 495 g/mol. The number of aliphatic hydroxyl groups excluding tert-OH is 1. The fourth-order valence-corrected chi connectivity index (χ4v) is 5.26. The van der Waals surface area contributed by atoms with E-state index in [1.165, 1.54) is 38.2 Å². The highest BCUT2D eigenvalue weighted by molar-refractivity contribution is 6.35. The molecule has 0 unspecified atom stereocenters. The van der Waals surface area contributed by atoms with Gasteiger partial charge >= 0.3 is 0 Å². The molecule has 3 aliphatic rings. The number of carbonyl (C=O) groups is 1. The Labute approximate surface area is 207 Å². The number of fused-ring (bicyclic) bond motifs is 1. The summed E-state index contributed by atoms with van der Waals surface area (Å²) in [6.45, 7) is 4.51. The number of nitrogens with two attached hydrogens (primary N) is 1. The summed E-state index contributed by atoms with van der Waals surface area (Å²) in [5.74, 6) is 0.351. The van der Waals surface area contributed by atoms with Gasteiger partial charge in [0.1, 0.15) is 5.02 Å². The van der Waals surface area contributed by atoms with Crippen LogP contribution in [0.3, 0.4) is 0 Å². The zero-order chi connectivity index (χ0) is 23.9. The van der Waals surface area contributed by atoms with Crippen molar-refractivity contribution in [1.29, 1.82) is 0 Å². The number of hydrogen-bond acceptors (Lipinski definition) is 7. The predicted molar refractivity (Wildman–Crippen MR) is 132 cm³/mol. The predicted octanol–water partition coefficient (Wildman–Crippen LogP) is 3.24. The third kappa shape index (κ3) is 6.47. The molecule has 4 rings (SSSR count). The van der Waals surface area contributed by atoms with E-state index >= 15 is 0 Å². The lowest BCUT2D eigenvalue weighted by atomic mass is 9.93. The van der Waals surface area contributed by atoms with Crippen LogP contribution in [0.4, 0.5) is 5.69 Å². The van der Waals surface area contributed by atoms with Crippen molar-refractivity contribution in [3.05, 3.63) is 16.7 Å². The van der Waals surface area contributed by atoms with Gasteiger partial charge in [-0.3, -0.25) is 4.79 Å². The summed E-state index contributed by atoms with van der Waals surface area (Å²) < 4.78 is 17.5. The molecule has 190 valence electrons. The molecule has 1 saturated heterocycles. The quantitative estimate of drug-likeness (QED) is 0.375. The van der Waals surface area contributed by atoms with E-state index in [1.54, 1.807) is 0 Å². The van der Waals surface area contributed by atoms with Gasteiger partial charge in [0.15, 0.2) is 11.5 Å². The number of piperidine rings is 1. The molecule has 0 spiro atoms. The number of ether oxygens (including phenoxy) is 3. The van der Waals surface area contributed by atoms with E-state index in [2.05, 4.69) is 10.2 Å². The van der Waals surface area contributed by atoms with Crippen LogP contribution in [0.25, 0.3) is 0 Å². The highest BCUT2D eigenvalue weighted by atomic mass is 35.5. The summed E-state index contributed by atoms with van der Waals surface area (Å²) in [5.41, 5.74) is 6.58. The molecule has 1 aliphatic carbocycles. The molecule has 0 radical (unpaired) electrons. The first-order valence-electron chi connectivity index (χ1n) is 12.7. The van der Waals surface area contributed by atoms with Gasteiger partial charge in [0.25, 0.3) is 5.91 Å². The Morgan fingerprint density at radius 3 is 2.71 bits per heavy atom. The summed E-state index contributed by atoms with van der Waals surface area (Å²) in [7, 11) is 0. The van der Waals surface area contributed by atoms with Crippen LogP contribution in [0, 0.1) is 5.92 Å². The van der Waals surface area contributed by atoms with E-state index < -0.39 is 6.10 Å². The summed E-state index contributed by atoms with van der Waals surface area (Å²) >= 11 is 6.27. The molecule has 1 aromatic carbocycles. The van der Waals surface area contributed by atoms with E-state index in [9.17, 15) is 9.90 Å². The first-order chi connectivity index (χ1) is 16.5. The Morgan fingerprint density at radius 2 is 1.94 bits per heavy atom. The SMILES string of the molecule is Nc1cc(C(=O)NC[C@@H]2CCN(CCCOC3CCCCC3)C[C@H]2O)c2c(c1Cl)OCCCO2. The molecule has 8 nitrogen and oxygen atoms in total. The van der Waals surface area contributed by atoms with Crippen LogP contribution >= 0.6 is 11.6 Å². The molecule has 2 heterocycles. The van der Waals surface area contributed by atoms with E-state index in [0.29, 0.717) is 55.9 Å². The van der Waals surface area contributed by atoms with Crippen LogP contribution < -0.4 is 20.5 Å². The van der Waals surface area contributed by atoms with Gasteiger partial charge in [0.05, 0.1) is 36.7 Å². The second-order valence-electron chi connectivity index (χ2n) is 9.65. The third-order valence-electron chi connectivity index (χ3n) is 7.08. The molecule has 0 bridgehead atoms. The number of likely N-dealkylation sites (tertiary alicyclic amines) is 1. The molecule has 9 heteroatoms. The minimum Gasteiger partial charge on any atom is -0.489 e. The summed E-state index contributed by atoms with van der Waals surface area (Å²) in [5, 5.41) is 13.9. The molecular formula is C25H38ClN3O5. The Hall–Kier alpha value is -1.74. The Morgan fingerprint density at radius 1 is 1.18 bits per heavy atom. The fraction of sp³-hybridized carbons (Fsp3) is 0.720. The van der Waals surface area contributed by atoms with Crippen molar-refractivity contribution >= 4 is 23.2 Å². The fourth-order valence-electron chi connectivity index (χ4n) is 5.06. The van der Waals surface area contributed by atoms with Gasteiger partial charge in [-0.25, -0.2) is 0 Å². The number of aliphatic hydroxyl groups is 1. The maximum absolute atomic E-state index is 13.0. The summed E-state index contributed by atoms with van der Waals surface area (Å²) in [6.07, 6.45) is 8.76. The lowest BCUT2D eigenvalue weighted by Crippen LogP contribution is -2.48. The Balaban J connectivity index is 1.22. The van der Waals surface area contributed by atoms with Crippen LogP contribution in [-0.2, 0) is 4.74 Å². The number of nitrogen functional groups attached to an aromatic ring is 1. The molecule has 2 atom stereocenters. The molecule has 0 aromatic heterocycles. The normalized spacial score (nSPS) is 23.9. The van der Waals surface area contributed by atoms with Crippen molar-refractivity contribution in [2.75, 3.05) is 51.7 Å². The highest BCUT2D eigenvalue weighted by Crippen LogP contribution is 2.43. The first-order valence-corrected chi connectivity index (χ1v) is 13.1. The Bertz CT molecular complexity index is 833. The van der Waals surface area contributed by atoms with Gasteiger partial charge in [-0.05, 0) is 38.3 Å². The van der Waals surface area contributed by atoms with Gasteiger partial charge in [-0.15, -0.1) is 0 Å². The van der Waals surface area contributed by atoms with Crippen LogP contribution in [0.1, 0.15) is 61.7 Å². The number of nitrogens with zero attached hydrogens (tertiary/aromatic N) is 1. The van der Waals surface area contributed by atoms with E-state index in [1.807, 2.05) is 0 Å². The number of anilines is 1. The highest BCUT2D eigenvalue weighted by Gasteiger charge is 2.29. The molecule has 34 heavy (non-hydrogen) atoms. The zero-order valence-corrected chi connectivity index (χ0v) is 20.7. The lowest BCUT2D eigenvalue weighted by Gasteiger charge is -2.36. The van der Waals surface area contributed by atoms with Gasteiger partial charge in [0.2, 0.25) is 0 Å². The number of hydrogen-bond donors (Lipinski definition) is 3. The number of β-amino-alcohol motifs (C(OH)–C–C–N with tert-alkyl or cyclic N) is 1. The number of rotatable bonds is 8. The first kappa shape index (κ1) is 25.4. The van der Waals surface area contributed by atoms with Crippen LogP contribution in [0.15, 0.2) is 6.07 Å². The molecule has 1 aromatic rings. The lowest BCUT2D eigenvalue weighted by molar-refractivity contribution is 0.00425. The van der Waals surface area contributed by atoms with Gasteiger partial charge in [0, 0.05) is 38.6 Å². The van der Waals surface area contributed by atoms with E-state index in [-0.39, 0.29) is 22.5 Å². The second-order valence-corrected chi connectivity index (χ2v) is 10.0. The third-order valence-corrected chi connectivity index (χ3v) is 7.47. The summed E-state index contributed by atoms with van der Waals surface area (Å²) in [4.78, 5) is 15.2.